The van der Waals surface area contributed by atoms with E-state index in [1.165, 1.54) is 21.5 Å². The van der Waals surface area contributed by atoms with Gasteiger partial charge in [0.1, 0.15) is 0 Å². The van der Waals surface area contributed by atoms with Gasteiger partial charge >= 0.3 is 0 Å². The van der Waals surface area contributed by atoms with Gasteiger partial charge in [-0.25, -0.2) is 0 Å². The lowest BCUT2D eigenvalue weighted by atomic mass is 9.97. The summed E-state index contributed by atoms with van der Waals surface area (Å²) < 4.78 is 6.91. The molecule has 11 rings (SSSR count). The molecule has 0 bridgehead atoms. The molecule has 0 amide bonds. The highest BCUT2D eigenvalue weighted by molar-refractivity contribution is 6.17. The zero-order valence-corrected chi connectivity index (χ0v) is 29.5. The van der Waals surface area contributed by atoms with Crippen LogP contribution < -0.4 is 0 Å². The van der Waals surface area contributed by atoms with E-state index in [2.05, 4.69) is 171 Å². The van der Waals surface area contributed by atoms with Crippen molar-refractivity contribution in [3.63, 3.8) is 0 Å². The number of hydrogen-bond acceptors (Lipinski definition) is 2. The average Bonchev–Trinajstić information content (AvgIpc) is 3.89. The van der Waals surface area contributed by atoms with Crippen molar-refractivity contribution in [2.24, 2.45) is 0 Å². The second-order valence-electron chi connectivity index (χ2n) is 13.9. The smallest absolute Gasteiger partial charge is 0.0998 e. The molecule has 5 nitrogen and oxygen atoms in total. The molecular weight excluding hydrogens is 671 g/mol. The predicted octanol–water partition coefficient (Wildman–Crippen LogP) is 12.4. The molecule has 0 N–H and O–H groups in total. The van der Waals surface area contributed by atoms with Crippen LogP contribution in [0.15, 0.2) is 176 Å². The van der Waals surface area contributed by atoms with Crippen LogP contribution in [0, 0.1) is 22.7 Å². The lowest BCUT2D eigenvalue weighted by molar-refractivity contribution is 1.16. The molecule has 8 aromatic carbocycles. The molecule has 0 spiro atoms. The molecule has 0 saturated carbocycles. The van der Waals surface area contributed by atoms with Crippen molar-refractivity contribution in [1.82, 2.24) is 13.7 Å². The number of aromatic nitrogens is 3. The Morgan fingerprint density at radius 1 is 0.364 bits per heavy atom. The maximum absolute atomic E-state index is 10.6. The second-order valence-corrected chi connectivity index (χ2v) is 13.9. The minimum absolute atomic E-state index is 0.587. The molecule has 3 aromatic heterocycles. The topological polar surface area (TPSA) is 62.4 Å². The van der Waals surface area contributed by atoms with Crippen molar-refractivity contribution in [3.8, 4) is 40.3 Å². The zero-order valence-electron chi connectivity index (χ0n) is 29.5. The first kappa shape index (κ1) is 30.7. The normalized spacial score (nSPS) is 11.6. The summed E-state index contributed by atoms with van der Waals surface area (Å²) in [4.78, 5) is 0. The van der Waals surface area contributed by atoms with Crippen molar-refractivity contribution in [2.45, 2.75) is 0 Å². The number of hydrogen-bond donors (Lipinski definition) is 0. The van der Waals surface area contributed by atoms with Gasteiger partial charge < -0.3 is 13.7 Å². The van der Waals surface area contributed by atoms with E-state index in [1.807, 2.05) is 30.3 Å². The lowest BCUT2D eigenvalue weighted by Gasteiger charge is -2.17. The molecule has 0 unspecified atom stereocenters. The van der Waals surface area contributed by atoms with E-state index < -0.39 is 0 Å². The number of nitrogens with zero attached hydrogens (tertiary/aromatic N) is 5. The summed E-state index contributed by atoms with van der Waals surface area (Å²) in [5.74, 6) is 0. The molecule has 0 saturated heterocycles. The van der Waals surface area contributed by atoms with E-state index >= 15 is 0 Å². The quantitative estimate of drug-likeness (QED) is 0.184. The maximum Gasteiger partial charge on any atom is 0.0998 e. The van der Waals surface area contributed by atoms with Gasteiger partial charge in [0.15, 0.2) is 0 Å². The number of para-hydroxylation sites is 4. The molecule has 3 heterocycles. The van der Waals surface area contributed by atoms with Gasteiger partial charge in [-0.05, 0) is 84.4 Å². The summed E-state index contributed by atoms with van der Waals surface area (Å²) in [5.41, 5.74) is 12.4. The van der Waals surface area contributed by atoms with Gasteiger partial charge in [0, 0.05) is 43.6 Å². The van der Waals surface area contributed by atoms with Crippen molar-refractivity contribution >= 4 is 65.4 Å². The standard InChI is InChI=1S/C50H29N5/c51-30-32-23-28-45-40(29-32)50-47(54-43-18-7-3-14-38(43)39-15-4-8-19-44(39)54)21-10-22-48(50)55(45)46-20-9-11-34(31-52)49(46)33-24-26-35(27-25-33)53-41-16-5-1-12-36(41)37-13-2-6-17-42(37)53/h1-29H. The molecule has 0 aliphatic rings. The Hall–Kier alpha value is -7.86. The Morgan fingerprint density at radius 2 is 0.855 bits per heavy atom. The van der Waals surface area contributed by atoms with Crippen molar-refractivity contribution < 1.29 is 0 Å². The van der Waals surface area contributed by atoms with Crippen molar-refractivity contribution in [1.29, 1.82) is 10.5 Å². The van der Waals surface area contributed by atoms with E-state index in [-0.39, 0.29) is 0 Å². The Labute approximate surface area is 316 Å². The molecule has 0 aliphatic carbocycles. The van der Waals surface area contributed by atoms with Crippen LogP contribution in [-0.2, 0) is 0 Å². The van der Waals surface area contributed by atoms with Gasteiger partial charge in [-0.2, -0.15) is 10.5 Å². The van der Waals surface area contributed by atoms with E-state index in [1.54, 1.807) is 0 Å². The zero-order chi connectivity index (χ0) is 36.6. The molecule has 0 fully saturated rings. The van der Waals surface area contributed by atoms with E-state index in [0.29, 0.717) is 11.1 Å². The maximum atomic E-state index is 10.6. The van der Waals surface area contributed by atoms with Gasteiger partial charge in [0.05, 0.1) is 67.7 Å². The Balaban J connectivity index is 1.17. The van der Waals surface area contributed by atoms with E-state index in [9.17, 15) is 10.5 Å². The minimum atomic E-state index is 0.587. The molecule has 55 heavy (non-hydrogen) atoms. The first-order valence-corrected chi connectivity index (χ1v) is 18.3. The van der Waals surface area contributed by atoms with Crippen LogP contribution in [0.4, 0.5) is 0 Å². The summed E-state index contributed by atoms with van der Waals surface area (Å²) in [6.45, 7) is 0. The summed E-state index contributed by atoms with van der Waals surface area (Å²) in [5, 5.41) is 27.5. The summed E-state index contributed by atoms with van der Waals surface area (Å²) in [7, 11) is 0. The third kappa shape index (κ3) is 4.39. The van der Waals surface area contributed by atoms with Gasteiger partial charge in [-0.1, -0.05) is 97.1 Å². The fourth-order valence-electron chi connectivity index (χ4n) is 8.85. The number of benzene rings is 8. The van der Waals surface area contributed by atoms with Crippen LogP contribution >= 0.6 is 0 Å². The van der Waals surface area contributed by atoms with Crippen LogP contribution in [0.5, 0.6) is 0 Å². The molecule has 254 valence electrons. The summed E-state index contributed by atoms with van der Waals surface area (Å²) >= 11 is 0. The summed E-state index contributed by atoms with van der Waals surface area (Å²) in [6.07, 6.45) is 0. The molecule has 0 atom stereocenters. The van der Waals surface area contributed by atoms with Gasteiger partial charge in [-0.3, -0.25) is 0 Å². The Morgan fingerprint density at radius 3 is 1.44 bits per heavy atom. The van der Waals surface area contributed by atoms with E-state index in [4.69, 9.17) is 0 Å². The summed E-state index contributed by atoms with van der Waals surface area (Å²) in [6, 6.07) is 65.8. The number of rotatable bonds is 4. The monoisotopic (exact) mass is 699 g/mol. The SMILES string of the molecule is N#Cc1ccc2c(c1)c1c(-n3c4ccccc4c4ccccc43)cccc1n2-c1cccc(C#N)c1-c1ccc(-n2c3ccccc3c3ccccc32)cc1. The van der Waals surface area contributed by atoms with Crippen LogP contribution in [0.25, 0.3) is 93.6 Å². The number of fused-ring (bicyclic) bond motifs is 9. The van der Waals surface area contributed by atoms with Crippen LogP contribution in [0.1, 0.15) is 11.1 Å². The van der Waals surface area contributed by atoms with Gasteiger partial charge in [0.25, 0.3) is 0 Å². The molecule has 0 radical (unpaired) electrons. The minimum Gasteiger partial charge on any atom is -0.309 e. The van der Waals surface area contributed by atoms with Gasteiger partial charge in [-0.15, -0.1) is 0 Å². The van der Waals surface area contributed by atoms with Crippen molar-refractivity contribution in [3.05, 3.63) is 187 Å². The first-order valence-electron chi connectivity index (χ1n) is 18.3. The molecule has 5 heteroatoms. The van der Waals surface area contributed by atoms with Crippen LogP contribution in [0.3, 0.4) is 0 Å². The van der Waals surface area contributed by atoms with Crippen LogP contribution in [-0.4, -0.2) is 13.7 Å². The predicted molar refractivity (Wildman–Crippen MR) is 224 cm³/mol. The molecular formula is C50H29N5. The fourth-order valence-corrected chi connectivity index (χ4v) is 8.85. The lowest BCUT2D eigenvalue weighted by Crippen LogP contribution is -2.00. The first-order chi connectivity index (χ1) is 27.2. The highest BCUT2D eigenvalue weighted by Crippen LogP contribution is 2.43. The van der Waals surface area contributed by atoms with Crippen LogP contribution in [0.2, 0.25) is 0 Å². The third-order valence-electron chi connectivity index (χ3n) is 11.1. The second kappa shape index (κ2) is 11.8. The fraction of sp³-hybridized carbons (Fsp3) is 0. The number of nitriles is 2. The highest BCUT2D eigenvalue weighted by Gasteiger charge is 2.23. The Kier molecular flexibility index (Phi) is 6.61. The molecule has 11 aromatic rings. The Bertz CT molecular complexity index is 3350. The highest BCUT2D eigenvalue weighted by atomic mass is 15.0. The largest absolute Gasteiger partial charge is 0.309 e. The van der Waals surface area contributed by atoms with E-state index in [0.717, 1.165) is 72.1 Å². The van der Waals surface area contributed by atoms with Crippen molar-refractivity contribution in [2.75, 3.05) is 0 Å². The molecule has 0 aliphatic heterocycles. The van der Waals surface area contributed by atoms with Gasteiger partial charge in [0.2, 0.25) is 0 Å². The third-order valence-corrected chi connectivity index (χ3v) is 11.1. The average molecular weight is 700 g/mol.